The Labute approximate surface area is 194 Å². The maximum Gasteiger partial charge on any atom is 0.267 e. The Hall–Kier alpha value is -2.90. The first-order valence-electron chi connectivity index (χ1n) is 10.6. The number of rotatable bonds is 6. The minimum absolute atomic E-state index is 0.0108. The van der Waals surface area contributed by atoms with E-state index >= 15 is 0 Å². The van der Waals surface area contributed by atoms with Crippen molar-refractivity contribution in [2.75, 3.05) is 12.9 Å². The number of thioether (sulfide) groups is 1. The molecule has 5 nitrogen and oxygen atoms in total. The van der Waals surface area contributed by atoms with E-state index in [9.17, 15) is 9.59 Å². The van der Waals surface area contributed by atoms with Gasteiger partial charge in [0.05, 0.1) is 23.9 Å². The molecule has 2 heterocycles. The Morgan fingerprint density at radius 3 is 2.59 bits per heavy atom. The first kappa shape index (κ1) is 21.0. The highest BCUT2D eigenvalue weighted by Gasteiger charge is 2.23. The minimum atomic E-state index is -0.0609. The fourth-order valence-corrected chi connectivity index (χ4v) is 6.29. The number of aromatic nitrogens is 2. The van der Waals surface area contributed by atoms with Crippen LogP contribution in [0.4, 0.5) is 0 Å². The molecule has 162 valence electrons. The molecule has 32 heavy (non-hydrogen) atoms. The number of Topliss-reactive ketones (excluding diaryl/α,β-unsaturated/α-hetero) is 1. The number of aryl methyl sites for hydroxylation is 2. The molecule has 2 aromatic carbocycles. The standard InChI is InChI=1S/C25H22N2O3S2/c1-30-18-13-11-17(12-14-18)27-24(29)22-19-9-5-6-10-21(19)32-23(22)26-25(27)31-15-20(28)16-7-3-2-4-8-16/h2-4,7-8,11-14H,5-6,9-10,15H2,1H3. The maximum absolute atomic E-state index is 13.8. The Balaban J connectivity index is 1.61. The summed E-state index contributed by atoms with van der Waals surface area (Å²) < 4.78 is 6.92. The van der Waals surface area contributed by atoms with Crippen LogP contribution in [0.3, 0.4) is 0 Å². The molecule has 0 unspecified atom stereocenters. The van der Waals surface area contributed by atoms with Gasteiger partial charge < -0.3 is 4.74 Å². The summed E-state index contributed by atoms with van der Waals surface area (Å²) in [6.45, 7) is 0. The van der Waals surface area contributed by atoms with Crippen LogP contribution in [0.25, 0.3) is 15.9 Å². The average Bonchev–Trinajstić information content (AvgIpc) is 3.22. The molecular weight excluding hydrogens is 440 g/mol. The third-order valence-corrected chi connectivity index (χ3v) is 7.84. The molecule has 0 radical (unpaired) electrons. The summed E-state index contributed by atoms with van der Waals surface area (Å²) in [7, 11) is 1.61. The number of methoxy groups -OCH3 is 1. The van der Waals surface area contributed by atoms with E-state index in [2.05, 4.69) is 0 Å². The molecule has 2 aromatic heterocycles. The van der Waals surface area contributed by atoms with Gasteiger partial charge in [0.15, 0.2) is 10.9 Å². The Bertz CT molecular complexity index is 1340. The van der Waals surface area contributed by atoms with Crippen molar-refractivity contribution in [1.82, 2.24) is 9.55 Å². The smallest absolute Gasteiger partial charge is 0.267 e. The van der Waals surface area contributed by atoms with Crippen molar-refractivity contribution in [2.45, 2.75) is 30.8 Å². The first-order chi connectivity index (χ1) is 15.7. The molecule has 5 rings (SSSR count). The number of benzene rings is 2. The summed E-state index contributed by atoms with van der Waals surface area (Å²) in [4.78, 5) is 33.4. The predicted molar refractivity (Wildman–Crippen MR) is 130 cm³/mol. The highest BCUT2D eigenvalue weighted by molar-refractivity contribution is 7.99. The van der Waals surface area contributed by atoms with Gasteiger partial charge in [-0.1, -0.05) is 42.1 Å². The van der Waals surface area contributed by atoms with Gasteiger partial charge in [0.25, 0.3) is 5.56 Å². The number of thiophene rings is 1. The summed E-state index contributed by atoms with van der Waals surface area (Å²) in [5, 5.41) is 1.27. The van der Waals surface area contributed by atoms with Crippen LogP contribution >= 0.6 is 23.1 Å². The van der Waals surface area contributed by atoms with Crippen molar-refractivity contribution < 1.29 is 9.53 Å². The molecule has 0 amide bonds. The van der Waals surface area contributed by atoms with Crippen molar-refractivity contribution in [2.24, 2.45) is 0 Å². The van der Waals surface area contributed by atoms with Crippen LogP contribution in [0.1, 0.15) is 33.6 Å². The zero-order valence-electron chi connectivity index (χ0n) is 17.7. The van der Waals surface area contributed by atoms with Gasteiger partial charge in [-0.05, 0) is 55.5 Å². The van der Waals surface area contributed by atoms with Gasteiger partial charge in [-0.25, -0.2) is 4.98 Å². The molecular formula is C25H22N2O3S2. The number of fused-ring (bicyclic) bond motifs is 3. The summed E-state index contributed by atoms with van der Waals surface area (Å²) in [5.41, 5.74) is 2.48. The van der Waals surface area contributed by atoms with E-state index in [4.69, 9.17) is 9.72 Å². The van der Waals surface area contributed by atoms with Crippen LogP contribution in [-0.2, 0) is 12.8 Å². The summed E-state index contributed by atoms with van der Waals surface area (Å²) in [6.07, 6.45) is 4.18. The topological polar surface area (TPSA) is 61.2 Å². The predicted octanol–water partition coefficient (Wildman–Crippen LogP) is 5.31. The van der Waals surface area contributed by atoms with Gasteiger partial charge in [-0.3, -0.25) is 14.2 Å². The van der Waals surface area contributed by atoms with Crippen molar-refractivity contribution in [3.8, 4) is 11.4 Å². The van der Waals surface area contributed by atoms with E-state index in [-0.39, 0.29) is 17.1 Å². The second-order valence-electron chi connectivity index (χ2n) is 7.70. The molecule has 1 aliphatic carbocycles. The second kappa shape index (κ2) is 8.92. The quantitative estimate of drug-likeness (QED) is 0.221. The number of carbonyl (C=O) groups excluding carboxylic acids is 1. The van der Waals surface area contributed by atoms with E-state index in [1.807, 2.05) is 54.6 Å². The van der Waals surface area contributed by atoms with E-state index in [0.717, 1.165) is 52.9 Å². The molecule has 0 fully saturated rings. The maximum atomic E-state index is 13.8. The number of carbonyl (C=O) groups is 1. The molecule has 0 atom stereocenters. The highest BCUT2D eigenvalue weighted by Crippen LogP contribution is 2.35. The lowest BCUT2D eigenvalue weighted by Crippen LogP contribution is -2.22. The van der Waals surface area contributed by atoms with Crippen LogP contribution < -0.4 is 10.3 Å². The Morgan fingerprint density at radius 2 is 1.84 bits per heavy atom. The van der Waals surface area contributed by atoms with Crippen LogP contribution in [0.5, 0.6) is 5.75 Å². The number of ketones is 1. The number of hydrogen-bond donors (Lipinski definition) is 0. The SMILES string of the molecule is COc1ccc(-n2c(SCC(=O)c3ccccc3)nc3sc4c(c3c2=O)CCCC4)cc1. The van der Waals surface area contributed by atoms with Crippen LogP contribution in [0, 0.1) is 0 Å². The Kier molecular flexibility index (Phi) is 5.85. The van der Waals surface area contributed by atoms with Gasteiger partial charge in [0.1, 0.15) is 10.6 Å². The molecule has 4 aromatic rings. The van der Waals surface area contributed by atoms with Crippen molar-refractivity contribution in [3.05, 3.63) is 81.0 Å². The number of hydrogen-bond acceptors (Lipinski definition) is 6. The van der Waals surface area contributed by atoms with E-state index < -0.39 is 0 Å². The zero-order valence-corrected chi connectivity index (χ0v) is 19.3. The third kappa shape index (κ3) is 3.87. The fourth-order valence-electron chi connectivity index (χ4n) is 4.08. The lowest BCUT2D eigenvalue weighted by Gasteiger charge is -2.14. The molecule has 0 saturated carbocycles. The molecule has 0 N–H and O–H groups in total. The van der Waals surface area contributed by atoms with Crippen molar-refractivity contribution in [3.63, 3.8) is 0 Å². The lowest BCUT2D eigenvalue weighted by molar-refractivity contribution is 0.102. The van der Waals surface area contributed by atoms with E-state index in [1.165, 1.54) is 16.6 Å². The van der Waals surface area contributed by atoms with E-state index in [0.29, 0.717) is 10.7 Å². The second-order valence-corrected chi connectivity index (χ2v) is 9.73. The number of nitrogens with zero attached hydrogens (tertiary/aromatic N) is 2. The van der Waals surface area contributed by atoms with Crippen molar-refractivity contribution in [1.29, 1.82) is 0 Å². The summed E-state index contributed by atoms with van der Waals surface area (Å²) >= 11 is 2.93. The molecule has 7 heteroatoms. The lowest BCUT2D eigenvalue weighted by atomic mass is 9.97. The van der Waals surface area contributed by atoms with Gasteiger partial charge in [-0.2, -0.15) is 0 Å². The largest absolute Gasteiger partial charge is 0.497 e. The normalized spacial score (nSPS) is 13.2. The highest BCUT2D eigenvalue weighted by atomic mass is 32.2. The molecule has 0 saturated heterocycles. The van der Waals surface area contributed by atoms with Crippen LogP contribution in [0.2, 0.25) is 0 Å². The number of ether oxygens (including phenoxy) is 1. The molecule has 0 aliphatic heterocycles. The zero-order chi connectivity index (χ0) is 22.1. The average molecular weight is 463 g/mol. The molecule has 0 spiro atoms. The minimum Gasteiger partial charge on any atom is -0.497 e. The fraction of sp³-hybridized carbons (Fsp3) is 0.240. The van der Waals surface area contributed by atoms with Crippen molar-refractivity contribution >= 4 is 39.1 Å². The molecule has 0 bridgehead atoms. The van der Waals surface area contributed by atoms with E-state index in [1.54, 1.807) is 23.0 Å². The Morgan fingerprint density at radius 1 is 1.09 bits per heavy atom. The molecule has 1 aliphatic rings. The van der Waals surface area contributed by atoms with Gasteiger partial charge >= 0.3 is 0 Å². The summed E-state index contributed by atoms with van der Waals surface area (Å²) in [6, 6.07) is 16.6. The van der Waals surface area contributed by atoms with Gasteiger partial charge in [0, 0.05) is 10.4 Å². The monoisotopic (exact) mass is 462 g/mol. The van der Waals surface area contributed by atoms with Gasteiger partial charge in [0.2, 0.25) is 0 Å². The van der Waals surface area contributed by atoms with Crippen LogP contribution in [0.15, 0.2) is 64.5 Å². The van der Waals surface area contributed by atoms with Crippen LogP contribution in [-0.4, -0.2) is 28.2 Å². The van der Waals surface area contributed by atoms with Gasteiger partial charge in [-0.15, -0.1) is 11.3 Å². The third-order valence-electron chi connectivity index (χ3n) is 5.72. The first-order valence-corrected chi connectivity index (χ1v) is 12.4. The summed E-state index contributed by atoms with van der Waals surface area (Å²) in [5.74, 6) is 0.942.